The molecule has 1 N–H and O–H groups in total. The van der Waals surface area contributed by atoms with Gasteiger partial charge in [0, 0.05) is 38.0 Å². The number of carboxylic acids is 1. The molecule has 0 spiro atoms. The minimum Gasteiger partial charge on any atom is -0.481 e. The summed E-state index contributed by atoms with van der Waals surface area (Å²) in [5.41, 5.74) is 0.761. The van der Waals surface area contributed by atoms with Crippen LogP contribution in [0.15, 0.2) is 0 Å². The summed E-state index contributed by atoms with van der Waals surface area (Å²) in [5.74, 6) is -0.828. The van der Waals surface area contributed by atoms with E-state index in [1.165, 1.54) is 11.3 Å². The number of rotatable bonds is 7. The van der Waals surface area contributed by atoms with Gasteiger partial charge in [0.05, 0.1) is 36.9 Å². The van der Waals surface area contributed by atoms with E-state index < -0.39 is 5.97 Å². The number of ether oxygens (including phenoxy) is 2. The van der Waals surface area contributed by atoms with Gasteiger partial charge in [0.1, 0.15) is 0 Å². The molecule has 112 valence electrons. The number of morpholine rings is 1. The topological polar surface area (TPSA) is 71.9 Å². The van der Waals surface area contributed by atoms with Crippen molar-refractivity contribution < 1.29 is 19.4 Å². The fourth-order valence-corrected chi connectivity index (χ4v) is 3.20. The average Bonchev–Trinajstić information content (AvgIpc) is 2.80. The molecule has 0 aromatic carbocycles. The number of nitrogens with zero attached hydrogens (tertiary/aromatic N) is 2. The number of carboxylic acid groups (broad SMARTS) is 1. The summed E-state index contributed by atoms with van der Waals surface area (Å²) in [5, 5.41) is 9.90. The molecule has 20 heavy (non-hydrogen) atoms. The Labute approximate surface area is 122 Å². The third kappa shape index (κ3) is 4.52. The van der Waals surface area contributed by atoms with Crippen LogP contribution in [0.1, 0.15) is 15.6 Å². The molecule has 0 radical (unpaired) electrons. The molecular weight excluding hydrogens is 280 g/mol. The predicted molar refractivity (Wildman–Crippen MR) is 75.1 cm³/mol. The van der Waals surface area contributed by atoms with Gasteiger partial charge in [-0.15, -0.1) is 11.3 Å². The van der Waals surface area contributed by atoms with Crippen molar-refractivity contribution in [2.75, 3.05) is 40.0 Å². The lowest BCUT2D eigenvalue weighted by molar-refractivity contribution is -0.136. The summed E-state index contributed by atoms with van der Waals surface area (Å²) >= 11 is 1.49. The Bertz CT molecular complexity index is 444. The van der Waals surface area contributed by atoms with E-state index in [1.807, 2.05) is 0 Å². The van der Waals surface area contributed by atoms with Gasteiger partial charge >= 0.3 is 5.97 Å². The van der Waals surface area contributed by atoms with Crippen molar-refractivity contribution in [2.24, 2.45) is 0 Å². The second-order valence-electron chi connectivity index (χ2n) is 4.69. The van der Waals surface area contributed by atoms with Gasteiger partial charge in [0.15, 0.2) is 0 Å². The molecule has 2 heterocycles. The van der Waals surface area contributed by atoms with E-state index in [0.717, 1.165) is 54.8 Å². The van der Waals surface area contributed by atoms with Crippen LogP contribution in [-0.4, -0.2) is 60.9 Å². The zero-order valence-corrected chi connectivity index (χ0v) is 12.4. The third-order valence-electron chi connectivity index (χ3n) is 3.16. The average molecular weight is 300 g/mol. The summed E-state index contributed by atoms with van der Waals surface area (Å²) in [7, 11) is 1.59. The Hall–Kier alpha value is -1.02. The first-order valence-electron chi connectivity index (χ1n) is 6.67. The zero-order valence-electron chi connectivity index (χ0n) is 11.6. The molecule has 1 aromatic heterocycles. The maximum Gasteiger partial charge on any atom is 0.308 e. The van der Waals surface area contributed by atoms with Gasteiger partial charge in [0.2, 0.25) is 0 Å². The van der Waals surface area contributed by atoms with E-state index in [2.05, 4.69) is 9.88 Å². The number of aromatic nitrogens is 1. The van der Waals surface area contributed by atoms with Crippen molar-refractivity contribution in [3.05, 3.63) is 15.6 Å². The second kappa shape index (κ2) is 7.68. The summed E-state index contributed by atoms with van der Waals surface area (Å²) in [6, 6.07) is 0. The van der Waals surface area contributed by atoms with Crippen LogP contribution in [0.25, 0.3) is 0 Å². The highest BCUT2D eigenvalue weighted by atomic mass is 32.1. The van der Waals surface area contributed by atoms with E-state index in [-0.39, 0.29) is 6.42 Å². The smallest absolute Gasteiger partial charge is 0.308 e. The molecule has 1 aliphatic heterocycles. The van der Waals surface area contributed by atoms with E-state index in [9.17, 15) is 4.79 Å². The monoisotopic (exact) mass is 300 g/mol. The van der Waals surface area contributed by atoms with E-state index in [0.29, 0.717) is 6.61 Å². The van der Waals surface area contributed by atoms with Crippen molar-refractivity contribution >= 4 is 17.3 Å². The maximum absolute atomic E-state index is 10.9. The van der Waals surface area contributed by atoms with Crippen molar-refractivity contribution in [1.82, 2.24) is 9.88 Å². The predicted octanol–water partition coefficient (Wildman–Crippen LogP) is 0.791. The first-order valence-corrected chi connectivity index (χ1v) is 7.49. The molecule has 0 saturated carbocycles. The van der Waals surface area contributed by atoms with Crippen molar-refractivity contribution in [3.8, 4) is 0 Å². The van der Waals surface area contributed by atoms with Gasteiger partial charge in [-0.05, 0) is 0 Å². The van der Waals surface area contributed by atoms with E-state index in [4.69, 9.17) is 14.6 Å². The summed E-state index contributed by atoms with van der Waals surface area (Å²) < 4.78 is 10.4. The molecule has 1 aliphatic rings. The first-order chi connectivity index (χ1) is 9.69. The quantitative estimate of drug-likeness (QED) is 0.803. The van der Waals surface area contributed by atoms with Gasteiger partial charge in [0.25, 0.3) is 0 Å². The fraction of sp³-hybridized carbons (Fsp3) is 0.692. The van der Waals surface area contributed by atoms with Crippen LogP contribution in [0.4, 0.5) is 0 Å². The molecule has 1 fully saturated rings. The highest BCUT2D eigenvalue weighted by Gasteiger charge is 2.16. The minimum atomic E-state index is -0.828. The van der Waals surface area contributed by atoms with Crippen molar-refractivity contribution in [2.45, 2.75) is 19.4 Å². The second-order valence-corrected chi connectivity index (χ2v) is 5.85. The lowest BCUT2D eigenvalue weighted by Crippen LogP contribution is -2.37. The van der Waals surface area contributed by atoms with Gasteiger partial charge < -0.3 is 14.6 Å². The Morgan fingerprint density at radius 1 is 1.50 bits per heavy atom. The van der Waals surface area contributed by atoms with Crippen LogP contribution in [0, 0.1) is 0 Å². The van der Waals surface area contributed by atoms with Crippen LogP contribution in [0.3, 0.4) is 0 Å². The molecule has 1 aromatic rings. The first kappa shape index (κ1) is 15.4. The maximum atomic E-state index is 10.9. The molecule has 0 bridgehead atoms. The Kier molecular flexibility index (Phi) is 5.90. The van der Waals surface area contributed by atoms with Gasteiger partial charge in [-0.25, -0.2) is 4.98 Å². The normalized spacial score (nSPS) is 16.4. The summed E-state index contributed by atoms with van der Waals surface area (Å²) in [6.45, 7) is 4.80. The highest BCUT2D eigenvalue weighted by Crippen LogP contribution is 2.21. The van der Waals surface area contributed by atoms with Gasteiger partial charge in [-0.2, -0.15) is 0 Å². The molecular formula is C13H20N2O4S. The SMILES string of the molecule is COCc1nc(CCN2CCOCC2)sc1CC(=O)O. The lowest BCUT2D eigenvalue weighted by atomic mass is 10.3. The molecule has 7 heteroatoms. The summed E-state index contributed by atoms with van der Waals surface area (Å²) in [6.07, 6.45) is 0.870. The molecule has 1 saturated heterocycles. The fourth-order valence-electron chi connectivity index (χ4n) is 2.15. The molecule has 2 rings (SSSR count). The van der Waals surface area contributed by atoms with Gasteiger partial charge in [-0.3, -0.25) is 9.69 Å². The van der Waals surface area contributed by atoms with Crippen molar-refractivity contribution in [3.63, 3.8) is 0 Å². The van der Waals surface area contributed by atoms with E-state index >= 15 is 0 Å². The van der Waals surface area contributed by atoms with Crippen LogP contribution in [-0.2, 0) is 33.7 Å². The number of hydrogen-bond donors (Lipinski definition) is 1. The summed E-state index contributed by atoms with van der Waals surface area (Å²) in [4.78, 5) is 18.5. The Balaban J connectivity index is 1.94. The number of thiazole rings is 1. The number of carbonyl (C=O) groups is 1. The molecule has 6 nitrogen and oxygen atoms in total. The number of hydrogen-bond acceptors (Lipinski definition) is 6. The molecule has 0 amide bonds. The van der Waals surface area contributed by atoms with Gasteiger partial charge in [-0.1, -0.05) is 0 Å². The number of methoxy groups -OCH3 is 1. The highest BCUT2D eigenvalue weighted by molar-refractivity contribution is 7.11. The minimum absolute atomic E-state index is 0.0217. The third-order valence-corrected chi connectivity index (χ3v) is 4.32. The van der Waals surface area contributed by atoms with Crippen molar-refractivity contribution in [1.29, 1.82) is 0 Å². The standard InChI is InChI=1S/C13H20N2O4S/c1-18-9-10-11(8-13(16)17)20-12(14-10)2-3-15-4-6-19-7-5-15/h2-9H2,1H3,(H,16,17). The van der Waals surface area contributed by atoms with Crippen LogP contribution < -0.4 is 0 Å². The zero-order chi connectivity index (χ0) is 14.4. The Morgan fingerprint density at radius 2 is 2.25 bits per heavy atom. The number of aliphatic carboxylic acids is 1. The van der Waals surface area contributed by atoms with Crippen LogP contribution in [0.5, 0.6) is 0 Å². The largest absolute Gasteiger partial charge is 0.481 e. The van der Waals surface area contributed by atoms with Crippen LogP contribution >= 0.6 is 11.3 Å². The molecule has 0 unspecified atom stereocenters. The lowest BCUT2D eigenvalue weighted by Gasteiger charge is -2.25. The molecule has 0 atom stereocenters. The molecule has 0 aliphatic carbocycles. The van der Waals surface area contributed by atoms with Crippen LogP contribution in [0.2, 0.25) is 0 Å². The Morgan fingerprint density at radius 3 is 2.90 bits per heavy atom. The van der Waals surface area contributed by atoms with E-state index in [1.54, 1.807) is 7.11 Å².